The molecule has 116 valence electrons. The topological polar surface area (TPSA) is 64.8 Å². The maximum Gasteiger partial charge on any atom is 0.257 e. The first kappa shape index (κ1) is 15.8. The molecule has 21 heavy (non-hydrogen) atoms. The molecule has 0 saturated carbocycles. The van der Waals surface area contributed by atoms with E-state index in [9.17, 15) is 4.79 Å². The van der Waals surface area contributed by atoms with Crippen LogP contribution >= 0.6 is 0 Å². The van der Waals surface area contributed by atoms with Crippen molar-refractivity contribution in [1.29, 1.82) is 0 Å². The van der Waals surface area contributed by atoms with E-state index in [1.807, 2.05) is 32.2 Å². The van der Waals surface area contributed by atoms with E-state index in [2.05, 4.69) is 6.92 Å². The maximum atomic E-state index is 12.7. The predicted molar refractivity (Wildman–Crippen MR) is 81.6 cm³/mol. The second-order valence-electron chi connectivity index (χ2n) is 6.10. The van der Waals surface area contributed by atoms with Crippen LogP contribution in [0.4, 0.5) is 0 Å². The van der Waals surface area contributed by atoms with Gasteiger partial charge in [0.15, 0.2) is 0 Å². The number of carbonyl (C=O) groups excluding carboxylic acids is 1. The van der Waals surface area contributed by atoms with Gasteiger partial charge in [-0.3, -0.25) is 4.79 Å². The summed E-state index contributed by atoms with van der Waals surface area (Å²) in [5.74, 6) is 0.566. The fraction of sp³-hybridized carbons (Fsp3) is 0.562. The molecule has 1 aromatic rings. The molecule has 1 heterocycles. The monoisotopic (exact) mass is 292 g/mol. The van der Waals surface area contributed by atoms with Gasteiger partial charge in [0, 0.05) is 25.6 Å². The summed E-state index contributed by atoms with van der Waals surface area (Å²) in [7, 11) is 1.82. The highest BCUT2D eigenvalue weighted by Crippen LogP contribution is 2.29. The summed E-state index contributed by atoms with van der Waals surface area (Å²) in [5, 5.41) is 0. The molecule has 1 aromatic carbocycles. The van der Waals surface area contributed by atoms with E-state index in [0.29, 0.717) is 44.2 Å². The zero-order valence-corrected chi connectivity index (χ0v) is 13.0. The van der Waals surface area contributed by atoms with Crippen molar-refractivity contribution in [3.8, 4) is 5.75 Å². The molecule has 1 fully saturated rings. The van der Waals surface area contributed by atoms with Gasteiger partial charge in [-0.05, 0) is 19.1 Å². The quantitative estimate of drug-likeness (QED) is 0.861. The zero-order chi connectivity index (χ0) is 15.5. The molecule has 5 nitrogen and oxygen atoms in total. The van der Waals surface area contributed by atoms with E-state index in [1.54, 1.807) is 4.90 Å². The molecule has 0 unspecified atom stereocenters. The Balaban J connectivity index is 2.14. The van der Waals surface area contributed by atoms with Gasteiger partial charge in [-0.1, -0.05) is 18.6 Å². The first-order valence-corrected chi connectivity index (χ1v) is 7.22. The molecule has 2 N–H and O–H groups in total. The molecule has 0 aromatic heterocycles. The Kier molecular flexibility index (Phi) is 4.85. The van der Waals surface area contributed by atoms with Crippen molar-refractivity contribution in [1.82, 2.24) is 4.90 Å². The molecule has 0 atom stereocenters. The van der Waals surface area contributed by atoms with Crippen molar-refractivity contribution < 1.29 is 14.3 Å². The SMILES string of the molecule is Cc1ccc(OCCN)c(C(=O)N(C)CC2(C)COC2)c1. The van der Waals surface area contributed by atoms with Gasteiger partial charge in [0.2, 0.25) is 0 Å². The summed E-state index contributed by atoms with van der Waals surface area (Å²) in [4.78, 5) is 14.4. The number of amides is 1. The lowest BCUT2D eigenvalue weighted by Crippen LogP contribution is -2.49. The van der Waals surface area contributed by atoms with E-state index in [0.717, 1.165) is 5.56 Å². The Labute approximate surface area is 126 Å². The van der Waals surface area contributed by atoms with Gasteiger partial charge in [0.05, 0.1) is 18.8 Å². The lowest BCUT2D eigenvalue weighted by atomic mass is 9.88. The Hall–Kier alpha value is -1.59. The first-order valence-electron chi connectivity index (χ1n) is 7.22. The van der Waals surface area contributed by atoms with Crippen LogP contribution in [-0.2, 0) is 4.74 Å². The second kappa shape index (κ2) is 6.45. The smallest absolute Gasteiger partial charge is 0.257 e. The van der Waals surface area contributed by atoms with E-state index >= 15 is 0 Å². The number of carbonyl (C=O) groups is 1. The van der Waals surface area contributed by atoms with E-state index in [-0.39, 0.29) is 11.3 Å². The molecule has 1 aliphatic rings. The van der Waals surface area contributed by atoms with Gasteiger partial charge in [-0.2, -0.15) is 0 Å². The molecule has 1 aliphatic heterocycles. The normalized spacial score (nSPS) is 16.2. The van der Waals surface area contributed by atoms with Crippen molar-refractivity contribution in [3.63, 3.8) is 0 Å². The van der Waals surface area contributed by atoms with Crippen molar-refractivity contribution >= 4 is 5.91 Å². The van der Waals surface area contributed by atoms with Crippen LogP contribution < -0.4 is 10.5 Å². The van der Waals surface area contributed by atoms with Crippen LogP contribution in [0.5, 0.6) is 5.75 Å². The van der Waals surface area contributed by atoms with Crippen molar-refractivity contribution in [3.05, 3.63) is 29.3 Å². The fourth-order valence-corrected chi connectivity index (χ4v) is 2.50. The van der Waals surface area contributed by atoms with Gasteiger partial charge >= 0.3 is 0 Å². The minimum Gasteiger partial charge on any atom is -0.491 e. The number of hydrogen-bond acceptors (Lipinski definition) is 4. The molecular weight excluding hydrogens is 268 g/mol. The van der Waals surface area contributed by atoms with Crippen LogP contribution in [0.25, 0.3) is 0 Å². The summed E-state index contributed by atoms with van der Waals surface area (Å²) >= 11 is 0. The Bertz CT molecular complexity index is 512. The summed E-state index contributed by atoms with van der Waals surface area (Å²) in [5.41, 5.74) is 7.15. The second-order valence-corrected chi connectivity index (χ2v) is 6.10. The van der Waals surface area contributed by atoms with Crippen molar-refractivity contribution in [2.75, 3.05) is 40.0 Å². The predicted octanol–water partition coefficient (Wildman–Crippen LogP) is 1.44. The molecule has 0 aliphatic carbocycles. The number of benzene rings is 1. The van der Waals surface area contributed by atoms with E-state index in [1.165, 1.54) is 0 Å². The lowest BCUT2D eigenvalue weighted by Gasteiger charge is -2.40. The molecule has 0 radical (unpaired) electrons. The Morgan fingerprint density at radius 3 is 2.76 bits per heavy atom. The van der Waals surface area contributed by atoms with Crippen molar-refractivity contribution in [2.45, 2.75) is 13.8 Å². The van der Waals surface area contributed by atoms with Gasteiger partial charge in [0.25, 0.3) is 5.91 Å². The average Bonchev–Trinajstić information content (AvgIpc) is 2.43. The highest BCUT2D eigenvalue weighted by Gasteiger charge is 2.36. The minimum atomic E-state index is -0.0288. The van der Waals surface area contributed by atoms with E-state index in [4.69, 9.17) is 15.2 Å². The minimum absolute atomic E-state index is 0.0288. The summed E-state index contributed by atoms with van der Waals surface area (Å²) in [6.07, 6.45) is 0. The summed E-state index contributed by atoms with van der Waals surface area (Å²) < 4.78 is 10.8. The highest BCUT2D eigenvalue weighted by molar-refractivity contribution is 5.97. The number of ether oxygens (including phenoxy) is 2. The molecule has 0 bridgehead atoms. The number of aryl methyl sites for hydroxylation is 1. The van der Waals surface area contributed by atoms with Gasteiger partial charge < -0.3 is 20.1 Å². The van der Waals surface area contributed by atoms with Crippen LogP contribution in [0.1, 0.15) is 22.8 Å². The molecule has 5 heteroatoms. The van der Waals surface area contributed by atoms with Gasteiger partial charge in [-0.25, -0.2) is 0 Å². The summed E-state index contributed by atoms with van der Waals surface area (Å²) in [6, 6.07) is 5.63. The van der Waals surface area contributed by atoms with Crippen LogP contribution in [0.15, 0.2) is 18.2 Å². The molecule has 0 spiro atoms. The third-order valence-electron chi connectivity index (χ3n) is 3.61. The highest BCUT2D eigenvalue weighted by atomic mass is 16.5. The number of hydrogen-bond donors (Lipinski definition) is 1. The number of nitrogens with zero attached hydrogens (tertiary/aromatic N) is 1. The van der Waals surface area contributed by atoms with Crippen LogP contribution in [-0.4, -0.2) is 50.8 Å². The maximum absolute atomic E-state index is 12.7. The third kappa shape index (κ3) is 3.74. The van der Waals surface area contributed by atoms with Crippen LogP contribution in [0, 0.1) is 12.3 Å². The molecule has 1 saturated heterocycles. The molecule has 2 rings (SSSR count). The number of rotatable bonds is 6. The van der Waals surface area contributed by atoms with Gasteiger partial charge in [-0.15, -0.1) is 0 Å². The van der Waals surface area contributed by atoms with Crippen molar-refractivity contribution in [2.24, 2.45) is 11.1 Å². The average molecular weight is 292 g/mol. The molecular formula is C16H24N2O3. The zero-order valence-electron chi connectivity index (χ0n) is 13.0. The summed E-state index contributed by atoms with van der Waals surface area (Å²) in [6.45, 7) is 7.00. The first-order chi connectivity index (χ1) is 9.95. The third-order valence-corrected chi connectivity index (χ3v) is 3.61. The Morgan fingerprint density at radius 1 is 1.48 bits per heavy atom. The standard InChI is InChI=1S/C16H24N2O3/c1-12-4-5-14(21-7-6-17)13(8-12)15(19)18(3)9-16(2)10-20-11-16/h4-5,8H,6-7,9-11,17H2,1-3H3. The van der Waals surface area contributed by atoms with Gasteiger partial charge in [0.1, 0.15) is 12.4 Å². The lowest BCUT2D eigenvalue weighted by molar-refractivity contribution is -0.109. The van der Waals surface area contributed by atoms with Crippen LogP contribution in [0.2, 0.25) is 0 Å². The van der Waals surface area contributed by atoms with E-state index < -0.39 is 0 Å². The largest absolute Gasteiger partial charge is 0.491 e. The number of nitrogens with two attached hydrogens (primary N) is 1. The Morgan fingerprint density at radius 2 is 2.19 bits per heavy atom. The van der Waals surface area contributed by atoms with Crippen LogP contribution in [0.3, 0.4) is 0 Å². The molecule has 1 amide bonds. The fourth-order valence-electron chi connectivity index (χ4n) is 2.50.